The molecular weight excluding hydrogens is 538 g/mol. The maximum Gasteiger partial charge on any atom is 0.295 e. The second-order valence-corrected chi connectivity index (χ2v) is 10.4. The van der Waals surface area contributed by atoms with E-state index in [0.29, 0.717) is 55.2 Å². The van der Waals surface area contributed by atoms with Gasteiger partial charge in [0.2, 0.25) is 0 Å². The summed E-state index contributed by atoms with van der Waals surface area (Å²) in [6.07, 6.45) is 0.588. The fourth-order valence-electron chi connectivity index (χ4n) is 5.43. The highest BCUT2D eigenvalue weighted by molar-refractivity contribution is 6.46. The number of nitrogens with zero attached hydrogens (tertiary/aromatic N) is 3. The smallest absolute Gasteiger partial charge is 0.295 e. The Hall–Kier alpha value is -4.54. The van der Waals surface area contributed by atoms with Gasteiger partial charge in [0.05, 0.1) is 29.8 Å². The zero-order valence-electron chi connectivity index (χ0n) is 23.4. The number of ether oxygens (including phenoxy) is 2. The minimum atomic E-state index is -0.969. The third-order valence-corrected chi connectivity index (χ3v) is 7.62. The number of hydrogen-bond donors (Lipinski definition) is 1. The van der Waals surface area contributed by atoms with Crippen molar-refractivity contribution in [3.05, 3.63) is 111 Å². The molecule has 0 spiro atoms. The van der Waals surface area contributed by atoms with Crippen molar-refractivity contribution in [1.82, 2.24) is 9.80 Å². The first-order chi connectivity index (χ1) is 20.3. The fourth-order valence-corrected chi connectivity index (χ4v) is 5.43. The highest BCUT2D eigenvalue weighted by Crippen LogP contribution is 2.41. The summed E-state index contributed by atoms with van der Waals surface area (Å²) in [6.45, 7) is 5.98. The van der Waals surface area contributed by atoms with Crippen LogP contribution in [-0.4, -0.2) is 70.9 Å². The van der Waals surface area contributed by atoms with E-state index in [9.17, 15) is 24.8 Å². The van der Waals surface area contributed by atoms with Gasteiger partial charge in [-0.2, -0.15) is 0 Å². The molecular formula is C32H33N3O7. The maximum absolute atomic E-state index is 13.4. The molecule has 2 heterocycles. The van der Waals surface area contributed by atoms with Crippen molar-refractivity contribution in [2.75, 3.05) is 39.4 Å². The molecule has 5 rings (SSSR count). The van der Waals surface area contributed by atoms with Gasteiger partial charge >= 0.3 is 0 Å². The number of likely N-dealkylation sites (tertiary alicyclic amines) is 1. The number of morpholine rings is 1. The summed E-state index contributed by atoms with van der Waals surface area (Å²) in [5, 5.41) is 23.1. The van der Waals surface area contributed by atoms with Crippen LogP contribution in [-0.2, 0) is 20.9 Å². The maximum atomic E-state index is 13.4. The van der Waals surface area contributed by atoms with Gasteiger partial charge in [0.1, 0.15) is 18.1 Å². The highest BCUT2D eigenvalue weighted by atomic mass is 16.6. The van der Waals surface area contributed by atoms with Crippen molar-refractivity contribution in [3.8, 4) is 5.75 Å². The molecule has 0 aromatic heterocycles. The third kappa shape index (κ3) is 6.35. The average Bonchev–Trinajstić information content (AvgIpc) is 3.26. The topological polar surface area (TPSA) is 122 Å². The number of amides is 1. The molecule has 2 aliphatic rings. The predicted molar refractivity (Wildman–Crippen MR) is 156 cm³/mol. The largest absolute Gasteiger partial charge is 0.507 e. The van der Waals surface area contributed by atoms with Crippen LogP contribution in [0.2, 0.25) is 0 Å². The van der Waals surface area contributed by atoms with Gasteiger partial charge in [0.25, 0.3) is 17.4 Å². The quantitative estimate of drug-likeness (QED) is 0.123. The molecule has 0 unspecified atom stereocenters. The minimum Gasteiger partial charge on any atom is -0.507 e. The van der Waals surface area contributed by atoms with E-state index >= 15 is 0 Å². The summed E-state index contributed by atoms with van der Waals surface area (Å²) in [7, 11) is 0. The van der Waals surface area contributed by atoms with Gasteiger partial charge in [-0.15, -0.1) is 0 Å². The van der Waals surface area contributed by atoms with E-state index in [1.807, 2.05) is 30.3 Å². The molecule has 42 heavy (non-hydrogen) atoms. The lowest BCUT2D eigenvalue weighted by atomic mass is 9.93. The molecule has 3 aromatic rings. The number of nitro groups is 1. The van der Waals surface area contributed by atoms with Crippen LogP contribution in [0.4, 0.5) is 5.69 Å². The van der Waals surface area contributed by atoms with E-state index in [0.717, 1.165) is 18.7 Å². The summed E-state index contributed by atoms with van der Waals surface area (Å²) < 4.78 is 11.3. The van der Waals surface area contributed by atoms with Crippen LogP contribution in [0.5, 0.6) is 5.75 Å². The third-order valence-electron chi connectivity index (χ3n) is 7.62. The van der Waals surface area contributed by atoms with Crippen LogP contribution in [0.15, 0.2) is 78.4 Å². The lowest BCUT2D eigenvalue weighted by Gasteiger charge is -2.29. The van der Waals surface area contributed by atoms with Crippen LogP contribution in [0.1, 0.15) is 34.7 Å². The zero-order chi connectivity index (χ0) is 29.6. The van der Waals surface area contributed by atoms with Gasteiger partial charge in [-0.05, 0) is 48.2 Å². The monoisotopic (exact) mass is 571 g/mol. The second-order valence-electron chi connectivity index (χ2n) is 10.4. The fraction of sp³-hybridized carbons (Fsp3) is 0.312. The minimum absolute atomic E-state index is 0.0899. The number of aryl methyl sites for hydroxylation is 1. The van der Waals surface area contributed by atoms with Crippen molar-refractivity contribution in [2.24, 2.45) is 0 Å². The number of rotatable bonds is 10. The van der Waals surface area contributed by atoms with Gasteiger partial charge in [-0.1, -0.05) is 42.5 Å². The van der Waals surface area contributed by atoms with E-state index in [2.05, 4.69) is 4.90 Å². The summed E-state index contributed by atoms with van der Waals surface area (Å²) in [4.78, 5) is 41.5. The zero-order valence-corrected chi connectivity index (χ0v) is 23.4. The molecule has 0 aliphatic carbocycles. The van der Waals surface area contributed by atoms with Crippen LogP contribution in [0, 0.1) is 17.0 Å². The molecule has 3 aromatic carbocycles. The second kappa shape index (κ2) is 13.0. The molecule has 1 N–H and O–H groups in total. The van der Waals surface area contributed by atoms with E-state index in [-0.39, 0.29) is 23.6 Å². The lowest BCUT2D eigenvalue weighted by molar-refractivity contribution is -0.384. The molecule has 2 aliphatic heterocycles. The summed E-state index contributed by atoms with van der Waals surface area (Å²) in [5.74, 6) is -1.30. The molecule has 2 saturated heterocycles. The van der Waals surface area contributed by atoms with Crippen molar-refractivity contribution in [1.29, 1.82) is 0 Å². The number of aliphatic hydroxyl groups excluding tert-OH is 1. The van der Waals surface area contributed by atoms with Crippen molar-refractivity contribution in [2.45, 2.75) is 26.0 Å². The Morgan fingerprint density at radius 2 is 1.79 bits per heavy atom. The van der Waals surface area contributed by atoms with Gasteiger partial charge in [0.15, 0.2) is 0 Å². The number of non-ortho nitro benzene ring substituents is 1. The Kier molecular flexibility index (Phi) is 8.94. The molecule has 0 radical (unpaired) electrons. The number of carbonyl (C=O) groups is 2. The van der Waals surface area contributed by atoms with E-state index < -0.39 is 22.7 Å². The van der Waals surface area contributed by atoms with E-state index in [1.165, 1.54) is 23.1 Å². The number of ketones is 1. The Morgan fingerprint density at radius 1 is 1.02 bits per heavy atom. The normalized spacial score (nSPS) is 18.8. The van der Waals surface area contributed by atoms with Crippen molar-refractivity contribution < 1.29 is 29.1 Å². The summed E-state index contributed by atoms with van der Waals surface area (Å²) in [6, 6.07) is 19.7. The molecule has 0 saturated carbocycles. The van der Waals surface area contributed by atoms with Crippen LogP contribution in [0.3, 0.4) is 0 Å². The first-order valence-electron chi connectivity index (χ1n) is 13.9. The number of hydrogen-bond acceptors (Lipinski definition) is 8. The number of Topliss-reactive ketones (excluding diaryl/α,β-unsaturated/α-hetero) is 1. The van der Waals surface area contributed by atoms with E-state index in [4.69, 9.17) is 9.47 Å². The number of aliphatic hydroxyl groups is 1. The molecule has 218 valence electrons. The lowest BCUT2D eigenvalue weighted by Crippen LogP contribution is -2.39. The van der Waals surface area contributed by atoms with Crippen LogP contribution >= 0.6 is 0 Å². The van der Waals surface area contributed by atoms with Gasteiger partial charge in [0, 0.05) is 43.9 Å². The Labute approximate surface area is 243 Å². The van der Waals surface area contributed by atoms with E-state index in [1.54, 1.807) is 31.2 Å². The van der Waals surface area contributed by atoms with Gasteiger partial charge < -0.3 is 19.5 Å². The molecule has 0 bridgehead atoms. The Balaban J connectivity index is 1.46. The SMILES string of the molecule is Cc1cc(OCc2ccccc2)ccc1/C(O)=C1\C(=O)C(=O)N(CCCN2CCOCC2)[C@@H]1c1cccc([N+](=O)[O-])c1. The molecule has 1 atom stereocenters. The van der Waals surface area contributed by atoms with Crippen LogP contribution in [0.25, 0.3) is 5.76 Å². The first-order valence-corrected chi connectivity index (χ1v) is 13.9. The summed E-state index contributed by atoms with van der Waals surface area (Å²) >= 11 is 0. The number of benzene rings is 3. The molecule has 2 fully saturated rings. The molecule has 10 heteroatoms. The Morgan fingerprint density at radius 3 is 2.50 bits per heavy atom. The predicted octanol–water partition coefficient (Wildman–Crippen LogP) is 4.63. The standard InChI is InChI=1S/C32H33N3O7/c1-22-19-26(42-21-23-7-3-2-4-8-23)11-12-27(22)30(36)28-29(24-9-5-10-25(20-24)35(39)40)34(32(38)31(28)37)14-6-13-33-15-17-41-18-16-33/h2-5,7-12,19-20,29,36H,6,13-18,21H2,1H3/b30-28+/t29-/m1/s1. The first kappa shape index (κ1) is 29.0. The molecule has 10 nitrogen and oxygen atoms in total. The number of carbonyl (C=O) groups excluding carboxylic acids is 2. The van der Waals surface area contributed by atoms with Crippen molar-refractivity contribution in [3.63, 3.8) is 0 Å². The molecule has 1 amide bonds. The van der Waals surface area contributed by atoms with Crippen molar-refractivity contribution >= 4 is 23.1 Å². The van der Waals surface area contributed by atoms with Crippen LogP contribution < -0.4 is 4.74 Å². The van der Waals surface area contributed by atoms with Gasteiger partial charge in [-0.3, -0.25) is 24.6 Å². The summed E-state index contributed by atoms with van der Waals surface area (Å²) in [5.41, 5.74) is 2.16. The average molecular weight is 572 g/mol. The Bertz CT molecular complexity index is 1500. The van der Waals surface area contributed by atoms with Gasteiger partial charge in [-0.25, -0.2) is 0 Å². The highest BCUT2D eigenvalue weighted by Gasteiger charge is 2.46. The number of nitro benzene ring substituents is 1.